The number of quaternary nitrogens is 1. The van der Waals surface area contributed by atoms with Crippen LogP contribution >= 0.6 is 0 Å². The van der Waals surface area contributed by atoms with Crippen LogP contribution < -0.4 is 5.32 Å². The van der Waals surface area contributed by atoms with Crippen molar-refractivity contribution >= 4 is 18.0 Å². The molecule has 0 bridgehead atoms. The number of esters is 2. The maximum absolute atomic E-state index is 12.5. The fourth-order valence-electron chi connectivity index (χ4n) is 3.34. The van der Waals surface area contributed by atoms with Gasteiger partial charge in [0, 0.05) is 19.4 Å². The van der Waals surface area contributed by atoms with Gasteiger partial charge in [-0.3, -0.25) is 4.79 Å². The average Bonchev–Trinajstić information content (AvgIpc) is 2.67. The Hall–Kier alpha value is -2.61. The summed E-state index contributed by atoms with van der Waals surface area (Å²) < 4.78 is 16.5. The van der Waals surface area contributed by atoms with Crippen LogP contribution in [0.1, 0.15) is 66.4 Å². The third kappa shape index (κ3) is 14.5. The summed E-state index contributed by atoms with van der Waals surface area (Å²) in [5.74, 6) is -0.555. The van der Waals surface area contributed by atoms with Gasteiger partial charge in [-0.25, -0.2) is 9.59 Å². The Balaban J connectivity index is 2.56. The minimum absolute atomic E-state index is 0.183. The average molecular weight is 480 g/mol. The van der Waals surface area contributed by atoms with Crippen LogP contribution in [0.5, 0.6) is 0 Å². The molecule has 0 spiro atoms. The first-order valence-corrected chi connectivity index (χ1v) is 11.9. The quantitative estimate of drug-likeness (QED) is 0.209. The number of alkyl carbamates (subject to hydrolysis) is 1. The first-order chi connectivity index (χ1) is 15.7. The van der Waals surface area contributed by atoms with Crippen molar-refractivity contribution in [2.45, 2.75) is 78.6 Å². The molecule has 1 N–H and O–H groups in total. The molecule has 8 heteroatoms. The molecule has 8 nitrogen and oxygen atoms in total. The molecule has 0 fully saturated rings. The van der Waals surface area contributed by atoms with E-state index in [1.165, 1.54) is 0 Å². The maximum Gasteiger partial charge on any atom is 0.407 e. The summed E-state index contributed by atoms with van der Waals surface area (Å²) in [5, 5.41) is 2.75. The second-order valence-corrected chi connectivity index (χ2v) is 10.8. The molecule has 0 saturated heterocycles. The van der Waals surface area contributed by atoms with E-state index in [2.05, 4.69) is 5.32 Å². The summed E-state index contributed by atoms with van der Waals surface area (Å²) in [4.78, 5) is 36.6. The van der Waals surface area contributed by atoms with Crippen molar-refractivity contribution in [3.8, 4) is 0 Å². The van der Waals surface area contributed by atoms with Crippen molar-refractivity contribution < 1.29 is 33.1 Å². The number of amides is 1. The number of nitrogens with zero attached hydrogens (tertiary/aromatic N) is 1. The number of likely N-dealkylation sites (N-methyl/N-ethyl adjacent to an activating group) is 1. The Morgan fingerprint density at radius 2 is 1.44 bits per heavy atom. The number of ether oxygens (including phenoxy) is 3. The molecular weight excluding hydrogens is 436 g/mol. The van der Waals surface area contributed by atoms with Gasteiger partial charge in [0.2, 0.25) is 0 Å². The Morgan fingerprint density at radius 3 is 2.03 bits per heavy atom. The molecule has 0 aliphatic heterocycles. The maximum atomic E-state index is 12.5. The molecule has 0 saturated carbocycles. The fourth-order valence-corrected chi connectivity index (χ4v) is 3.34. The standard InChI is InChI=1S/C26H42N2O6/c1-25(2,3)33-23(30)19-28(7,18-12-16-27-24(31)34-26(4,5)6)17-11-15-22(29)32-20-21-13-9-8-10-14-21/h8-10,13-14H,11-12,15-20H2,1-7H3/p+1. The molecule has 1 aromatic carbocycles. The molecule has 0 heterocycles. The zero-order valence-electron chi connectivity index (χ0n) is 21.9. The van der Waals surface area contributed by atoms with E-state index >= 15 is 0 Å². The van der Waals surface area contributed by atoms with Gasteiger partial charge in [0.1, 0.15) is 17.8 Å². The first-order valence-electron chi connectivity index (χ1n) is 11.9. The Labute approximate surface area is 204 Å². The Kier molecular flexibility index (Phi) is 11.5. The minimum Gasteiger partial charge on any atom is -0.461 e. The SMILES string of the molecule is CC(C)(C)OC(=O)C[N+](C)(CCCNC(=O)OC(C)(C)C)CCCC(=O)OCc1ccccc1. The molecule has 1 unspecified atom stereocenters. The molecular formula is C26H43N2O6+. The molecule has 1 amide bonds. The van der Waals surface area contributed by atoms with Crippen LogP contribution in [0.25, 0.3) is 0 Å². The van der Waals surface area contributed by atoms with Gasteiger partial charge in [0.05, 0.1) is 26.6 Å². The van der Waals surface area contributed by atoms with Gasteiger partial charge in [0.25, 0.3) is 0 Å². The van der Waals surface area contributed by atoms with Crippen LogP contribution in [0.4, 0.5) is 4.79 Å². The Morgan fingerprint density at radius 1 is 0.853 bits per heavy atom. The zero-order chi connectivity index (χ0) is 25.8. The third-order valence-electron chi connectivity index (χ3n) is 4.80. The van der Waals surface area contributed by atoms with E-state index in [-0.39, 0.29) is 31.5 Å². The molecule has 192 valence electrons. The van der Waals surface area contributed by atoms with Gasteiger partial charge in [-0.2, -0.15) is 0 Å². The topological polar surface area (TPSA) is 90.9 Å². The number of nitrogens with one attached hydrogen (secondary N) is 1. The number of hydrogen-bond donors (Lipinski definition) is 1. The molecule has 1 atom stereocenters. The lowest BCUT2D eigenvalue weighted by Gasteiger charge is -2.34. The highest BCUT2D eigenvalue weighted by molar-refractivity contribution is 5.71. The van der Waals surface area contributed by atoms with Crippen molar-refractivity contribution in [2.75, 3.05) is 33.2 Å². The van der Waals surface area contributed by atoms with Crippen molar-refractivity contribution in [2.24, 2.45) is 0 Å². The summed E-state index contributed by atoms with van der Waals surface area (Å²) >= 11 is 0. The van der Waals surface area contributed by atoms with E-state index in [1.54, 1.807) is 0 Å². The highest BCUT2D eigenvalue weighted by Gasteiger charge is 2.29. The number of hydrogen-bond acceptors (Lipinski definition) is 6. The smallest absolute Gasteiger partial charge is 0.407 e. The molecule has 1 rings (SSSR count). The summed E-state index contributed by atoms with van der Waals surface area (Å²) in [6.07, 6.45) is 1.03. The van der Waals surface area contributed by atoms with E-state index in [9.17, 15) is 14.4 Å². The van der Waals surface area contributed by atoms with Crippen LogP contribution in [0.15, 0.2) is 30.3 Å². The van der Waals surface area contributed by atoms with Crippen molar-refractivity contribution in [3.05, 3.63) is 35.9 Å². The van der Waals surface area contributed by atoms with Gasteiger partial charge in [0.15, 0.2) is 6.54 Å². The van der Waals surface area contributed by atoms with Crippen LogP contribution in [-0.4, -0.2) is 66.9 Å². The lowest BCUT2D eigenvalue weighted by Crippen LogP contribution is -2.51. The van der Waals surface area contributed by atoms with E-state index < -0.39 is 17.3 Å². The van der Waals surface area contributed by atoms with Gasteiger partial charge in [-0.15, -0.1) is 0 Å². The van der Waals surface area contributed by atoms with Crippen molar-refractivity contribution in [1.82, 2.24) is 5.32 Å². The van der Waals surface area contributed by atoms with Crippen LogP contribution in [-0.2, 0) is 30.4 Å². The number of rotatable bonds is 12. The summed E-state index contributed by atoms with van der Waals surface area (Å²) in [6.45, 7) is 13.0. The second kappa shape index (κ2) is 13.3. The van der Waals surface area contributed by atoms with E-state index in [0.29, 0.717) is 37.0 Å². The minimum atomic E-state index is -0.568. The molecule has 1 aromatic rings. The molecule has 0 aliphatic rings. The van der Waals surface area contributed by atoms with Crippen LogP contribution in [0, 0.1) is 0 Å². The first kappa shape index (κ1) is 29.4. The summed E-state index contributed by atoms with van der Waals surface area (Å²) in [5.41, 5.74) is -0.180. The van der Waals surface area contributed by atoms with E-state index in [4.69, 9.17) is 14.2 Å². The predicted molar refractivity (Wildman–Crippen MR) is 131 cm³/mol. The van der Waals surface area contributed by atoms with E-state index in [1.807, 2.05) is 78.9 Å². The lowest BCUT2D eigenvalue weighted by atomic mass is 10.2. The zero-order valence-corrected chi connectivity index (χ0v) is 21.9. The molecule has 34 heavy (non-hydrogen) atoms. The van der Waals surface area contributed by atoms with Crippen LogP contribution in [0.3, 0.4) is 0 Å². The van der Waals surface area contributed by atoms with Gasteiger partial charge in [-0.1, -0.05) is 30.3 Å². The van der Waals surface area contributed by atoms with Crippen LogP contribution in [0.2, 0.25) is 0 Å². The van der Waals surface area contributed by atoms with Gasteiger partial charge in [-0.05, 0) is 47.1 Å². The lowest BCUT2D eigenvalue weighted by molar-refractivity contribution is -0.902. The number of benzene rings is 1. The largest absolute Gasteiger partial charge is 0.461 e. The second-order valence-electron chi connectivity index (χ2n) is 10.8. The predicted octanol–water partition coefficient (Wildman–Crippen LogP) is 4.21. The van der Waals surface area contributed by atoms with E-state index in [0.717, 1.165) is 5.56 Å². The van der Waals surface area contributed by atoms with Crippen molar-refractivity contribution in [1.29, 1.82) is 0 Å². The number of carbonyl (C=O) groups excluding carboxylic acids is 3. The molecule has 0 aromatic heterocycles. The third-order valence-corrected chi connectivity index (χ3v) is 4.80. The van der Waals surface area contributed by atoms with Gasteiger partial charge < -0.3 is 24.0 Å². The highest BCUT2D eigenvalue weighted by atomic mass is 16.6. The summed E-state index contributed by atoms with van der Waals surface area (Å²) in [6, 6.07) is 9.54. The fraction of sp³-hybridized carbons (Fsp3) is 0.654. The molecule has 0 radical (unpaired) electrons. The Bertz CT molecular complexity index is 783. The van der Waals surface area contributed by atoms with Gasteiger partial charge >= 0.3 is 18.0 Å². The number of carbonyl (C=O) groups is 3. The summed E-state index contributed by atoms with van der Waals surface area (Å²) in [7, 11) is 1.96. The highest BCUT2D eigenvalue weighted by Crippen LogP contribution is 2.13. The monoisotopic (exact) mass is 479 g/mol. The molecule has 0 aliphatic carbocycles. The normalized spacial score (nSPS) is 13.5. The van der Waals surface area contributed by atoms with Crippen molar-refractivity contribution in [3.63, 3.8) is 0 Å².